The minimum absolute atomic E-state index is 0.208. The second kappa shape index (κ2) is 8.69. The second-order valence-electron chi connectivity index (χ2n) is 9.30. The summed E-state index contributed by atoms with van der Waals surface area (Å²) in [5, 5.41) is 13.5. The number of benzene rings is 1. The number of hydrogen-bond acceptors (Lipinski definition) is 4. The molecule has 1 unspecified atom stereocenters. The molecule has 0 saturated carbocycles. The van der Waals surface area contributed by atoms with E-state index in [-0.39, 0.29) is 11.8 Å². The molecule has 2 N–H and O–H groups in total. The van der Waals surface area contributed by atoms with Crippen LogP contribution in [0.15, 0.2) is 18.2 Å². The van der Waals surface area contributed by atoms with Crippen LogP contribution in [0.4, 0.5) is 5.69 Å². The van der Waals surface area contributed by atoms with Crippen LogP contribution in [0.2, 0.25) is 0 Å². The molecule has 1 heterocycles. The third kappa shape index (κ3) is 4.58. The van der Waals surface area contributed by atoms with Gasteiger partial charge in [0.2, 0.25) is 11.8 Å². The highest BCUT2D eigenvalue weighted by atomic mass is 16.5. The zero-order chi connectivity index (χ0) is 23.7. The fourth-order valence-electron chi connectivity index (χ4n) is 3.90. The maximum absolute atomic E-state index is 12.9. The van der Waals surface area contributed by atoms with Crippen LogP contribution in [-0.4, -0.2) is 29.1 Å². The van der Waals surface area contributed by atoms with E-state index in [1.807, 2.05) is 45.9 Å². The standard InChI is InChI=1S/C25H34N2O4/c1-10-18-16(4)26-21(31-9)20(27-22(28)24(5,6)7)19(18)25(8,23(29)30)17-12-14(2)11-15(3)13-17/h11-13H,10H2,1-9H3,(H,27,28)(H,29,30). The fraction of sp³-hybridized carbons (Fsp3) is 0.480. The first-order valence-corrected chi connectivity index (χ1v) is 10.5. The number of ether oxygens (including phenoxy) is 1. The van der Waals surface area contributed by atoms with Crippen LogP contribution in [0.5, 0.6) is 5.88 Å². The van der Waals surface area contributed by atoms with E-state index in [4.69, 9.17) is 4.74 Å². The minimum atomic E-state index is -1.43. The molecule has 0 aliphatic heterocycles. The maximum Gasteiger partial charge on any atom is 0.318 e. The molecule has 0 aliphatic rings. The lowest BCUT2D eigenvalue weighted by Crippen LogP contribution is -2.38. The average molecular weight is 427 g/mol. The molecule has 0 saturated heterocycles. The molecule has 168 valence electrons. The zero-order valence-corrected chi connectivity index (χ0v) is 20.1. The summed E-state index contributed by atoms with van der Waals surface area (Å²) in [6.45, 7) is 14.8. The minimum Gasteiger partial charge on any atom is -0.480 e. The topological polar surface area (TPSA) is 88.5 Å². The SMILES string of the molecule is CCc1c(C)nc(OC)c(NC(=O)C(C)(C)C)c1C(C)(C(=O)O)c1cc(C)cc(C)c1. The van der Waals surface area contributed by atoms with E-state index in [1.165, 1.54) is 7.11 Å². The highest BCUT2D eigenvalue weighted by molar-refractivity contribution is 5.99. The molecule has 6 nitrogen and oxygen atoms in total. The van der Waals surface area contributed by atoms with Crippen LogP contribution in [0.1, 0.15) is 68.1 Å². The molecule has 0 fully saturated rings. The normalized spacial score (nSPS) is 13.5. The molecule has 0 aliphatic carbocycles. The van der Waals surface area contributed by atoms with E-state index in [0.717, 1.165) is 16.7 Å². The van der Waals surface area contributed by atoms with Crippen molar-refractivity contribution >= 4 is 17.6 Å². The van der Waals surface area contributed by atoms with Gasteiger partial charge >= 0.3 is 5.97 Å². The van der Waals surface area contributed by atoms with E-state index in [9.17, 15) is 14.7 Å². The molecule has 1 aromatic carbocycles. The molecule has 0 bridgehead atoms. The van der Waals surface area contributed by atoms with Gasteiger partial charge in [-0.25, -0.2) is 4.98 Å². The highest BCUT2D eigenvalue weighted by Gasteiger charge is 2.43. The van der Waals surface area contributed by atoms with Gasteiger partial charge in [-0.2, -0.15) is 0 Å². The second-order valence-corrected chi connectivity index (χ2v) is 9.30. The monoisotopic (exact) mass is 426 g/mol. The van der Waals surface area contributed by atoms with Gasteiger partial charge in [0.25, 0.3) is 0 Å². The number of rotatable bonds is 6. The van der Waals surface area contributed by atoms with Gasteiger partial charge in [0, 0.05) is 16.7 Å². The molecule has 2 aromatic rings. The molecular formula is C25H34N2O4. The Morgan fingerprint density at radius 3 is 2.03 bits per heavy atom. The molecule has 1 aromatic heterocycles. The Morgan fingerprint density at radius 1 is 1.06 bits per heavy atom. The molecule has 31 heavy (non-hydrogen) atoms. The average Bonchev–Trinajstić information content (AvgIpc) is 2.66. The van der Waals surface area contributed by atoms with Crippen molar-refractivity contribution in [2.45, 2.75) is 67.2 Å². The van der Waals surface area contributed by atoms with Crippen LogP contribution in [-0.2, 0) is 21.4 Å². The summed E-state index contributed by atoms with van der Waals surface area (Å²) in [4.78, 5) is 30.4. The number of pyridine rings is 1. The van der Waals surface area contributed by atoms with Crippen LogP contribution < -0.4 is 10.1 Å². The van der Waals surface area contributed by atoms with Crippen molar-refractivity contribution in [3.8, 4) is 5.88 Å². The van der Waals surface area contributed by atoms with Gasteiger partial charge in [0.1, 0.15) is 11.1 Å². The number of nitrogens with zero attached hydrogens (tertiary/aromatic N) is 1. The fourth-order valence-corrected chi connectivity index (χ4v) is 3.90. The first-order valence-electron chi connectivity index (χ1n) is 10.5. The summed E-state index contributed by atoms with van der Waals surface area (Å²) in [5.74, 6) is -1.04. The third-order valence-electron chi connectivity index (χ3n) is 5.67. The maximum atomic E-state index is 12.9. The predicted molar refractivity (Wildman–Crippen MR) is 123 cm³/mol. The lowest BCUT2D eigenvalue weighted by Gasteiger charge is -2.33. The molecule has 0 radical (unpaired) electrons. The van der Waals surface area contributed by atoms with E-state index >= 15 is 0 Å². The number of carboxylic acids is 1. The number of nitrogens with one attached hydrogen (secondary N) is 1. The Hall–Kier alpha value is -2.89. The summed E-state index contributed by atoms with van der Waals surface area (Å²) in [5.41, 5.74) is 2.77. The van der Waals surface area contributed by atoms with Crippen molar-refractivity contribution in [2.24, 2.45) is 5.41 Å². The molecule has 6 heteroatoms. The Morgan fingerprint density at radius 2 is 1.61 bits per heavy atom. The number of aromatic nitrogens is 1. The summed E-state index contributed by atoms with van der Waals surface area (Å²) in [6.07, 6.45) is 0.560. The molecule has 2 rings (SSSR count). The van der Waals surface area contributed by atoms with E-state index < -0.39 is 16.8 Å². The summed E-state index contributed by atoms with van der Waals surface area (Å²) in [6, 6.07) is 5.78. The van der Waals surface area contributed by atoms with Gasteiger partial charge in [0.05, 0.1) is 7.11 Å². The van der Waals surface area contributed by atoms with E-state index in [2.05, 4.69) is 10.3 Å². The molecular weight excluding hydrogens is 392 g/mol. The number of aryl methyl sites for hydroxylation is 3. The molecule has 0 spiro atoms. The van der Waals surface area contributed by atoms with Gasteiger partial charge < -0.3 is 15.2 Å². The predicted octanol–water partition coefficient (Wildman–Crippen LogP) is 4.95. The molecule has 1 atom stereocenters. The van der Waals surface area contributed by atoms with Gasteiger partial charge in [-0.3, -0.25) is 9.59 Å². The Balaban J connectivity index is 3.01. The zero-order valence-electron chi connectivity index (χ0n) is 20.1. The van der Waals surface area contributed by atoms with Crippen LogP contribution in [0.25, 0.3) is 0 Å². The number of carbonyl (C=O) groups excluding carboxylic acids is 1. The number of anilines is 1. The van der Waals surface area contributed by atoms with Crippen molar-refractivity contribution < 1.29 is 19.4 Å². The van der Waals surface area contributed by atoms with Gasteiger partial charge in [-0.15, -0.1) is 0 Å². The Kier molecular flexibility index (Phi) is 6.84. The van der Waals surface area contributed by atoms with Crippen molar-refractivity contribution in [1.82, 2.24) is 4.98 Å². The van der Waals surface area contributed by atoms with Crippen molar-refractivity contribution in [1.29, 1.82) is 0 Å². The van der Waals surface area contributed by atoms with Crippen molar-refractivity contribution in [3.63, 3.8) is 0 Å². The highest BCUT2D eigenvalue weighted by Crippen LogP contribution is 2.44. The summed E-state index contributed by atoms with van der Waals surface area (Å²) >= 11 is 0. The van der Waals surface area contributed by atoms with Gasteiger partial charge in [-0.05, 0) is 45.2 Å². The number of carbonyl (C=O) groups is 2. The van der Waals surface area contributed by atoms with E-state index in [0.29, 0.717) is 28.9 Å². The van der Waals surface area contributed by atoms with Gasteiger partial charge in [-0.1, -0.05) is 57.0 Å². The largest absolute Gasteiger partial charge is 0.480 e. The first kappa shape index (κ1) is 24.4. The van der Waals surface area contributed by atoms with Crippen molar-refractivity contribution in [2.75, 3.05) is 12.4 Å². The number of carboxylic acid groups (broad SMARTS) is 1. The van der Waals surface area contributed by atoms with Crippen LogP contribution in [0, 0.1) is 26.2 Å². The van der Waals surface area contributed by atoms with Crippen LogP contribution in [0.3, 0.4) is 0 Å². The van der Waals surface area contributed by atoms with Crippen LogP contribution >= 0.6 is 0 Å². The third-order valence-corrected chi connectivity index (χ3v) is 5.67. The Bertz CT molecular complexity index is 1000. The van der Waals surface area contributed by atoms with Crippen molar-refractivity contribution in [3.05, 3.63) is 51.7 Å². The lowest BCUT2D eigenvalue weighted by atomic mass is 9.72. The van der Waals surface area contributed by atoms with Gasteiger partial charge in [0.15, 0.2) is 0 Å². The number of hydrogen-bond donors (Lipinski definition) is 2. The first-order chi connectivity index (χ1) is 14.3. The summed E-state index contributed by atoms with van der Waals surface area (Å²) < 4.78 is 5.52. The lowest BCUT2D eigenvalue weighted by molar-refractivity contribution is -0.141. The van der Waals surface area contributed by atoms with E-state index in [1.54, 1.807) is 27.7 Å². The summed E-state index contributed by atoms with van der Waals surface area (Å²) in [7, 11) is 1.47. The Labute approximate surface area is 185 Å². The quantitative estimate of drug-likeness (QED) is 0.682. The molecule has 1 amide bonds. The number of amides is 1. The number of aliphatic carboxylic acids is 1. The number of methoxy groups -OCH3 is 1. The smallest absolute Gasteiger partial charge is 0.318 e.